The van der Waals surface area contributed by atoms with Gasteiger partial charge in [0.1, 0.15) is 5.69 Å². The van der Waals surface area contributed by atoms with Crippen molar-refractivity contribution in [2.45, 2.75) is 39.5 Å². The number of pyridine rings is 1. The highest BCUT2D eigenvalue weighted by atomic mass is 32.1. The lowest BCUT2D eigenvalue weighted by Crippen LogP contribution is -2.24. The second kappa shape index (κ2) is 12.5. The molecule has 1 saturated carbocycles. The molecule has 0 aliphatic heterocycles. The van der Waals surface area contributed by atoms with Gasteiger partial charge in [-0.25, -0.2) is 9.97 Å². The summed E-state index contributed by atoms with van der Waals surface area (Å²) >= 11 is 1.09. The minimum absolute atomic E-state index is 0.233. The van der Waals surface area contributed by atoms with Gasteiger partial charge in [-0.1, -0.05) is 50.3 Å². The summed E-state index contributed by atoms with van der Waals surface area (Å²) in [4.78, 5) is 13.4. The number of allylic oxidation sites excluding steroid dienone is 4. The van der Waals surface area contributed by atoms with Crippen molar-refractivity contribution >= 4 is 34.7 Å². The first-order valence-electron chi connectivity index (χ1n) is 13.7. The summed E-state index contributed by atoms with van der Waals surface area (Å²) in [5.41, 5.74) is 5.80. The number of H-pyrrole nitrogens is 2. The van der Waals surface area contributed by atoms with Gasteiger partial charge in [0.05, 0.1) is 10.9 Å². The molecule has 0 radical (unpaired) electrons. The van der Waals surface area contributed by atoms with Crippen LogP contribution in [0.5, 0.6) is 0 Å². The Labute approximate surface area is 237 Å². The van der Waals surface area contributed by atoms with Crippen LogP contribution in [0.4, 0.5) is 4.39 Å². The quantitative estimate of drug-likeness (QED) is 0.204. The second-order valence-electron chi connectivity index (χ2n) is 10.1. The molecule has 8 heteroatoms. The fraction of sp³-hybridized carbons (Fsp3) is 0.281. The molecular weight excluding hydrogens is 519 g/mol. The Morgan fingerprint density at radius 3 is 2.75 bits per heavy atom. The smallest absolute Gasteiger partial charge is 0.178 e. The van der Waals surface area contributed by atoms with Gasteiger partial charge < -0.3 is 10.3 Å². The number of rotatable bonds is 10. The molecule has 5 rings (SSSR count). The molecule has 0 spiro atoms. The summed E-state index contributed by atoms with van der Waals surface area (Å²) in [7, 11) is 0. The van der Waals surface area contributed by atoms with Crippen molar-refractivity contribution in [3.8, 4) is 22.0 Å². The number of aromatic nitrogens is 5. The Balaban J connectivity index is 1.45. The summed E-state index contributed by atoms with van der Waals surface area (Å²) in [5, 5.41) is 12.8. The summed E-state index contributed by atoms with van der Waals surface area (Å²) in [5.74, 6) is 1.37. The maximum Gasteiger partial charge on any atom is 0.178 e. The number of aromatic amines is 2. The molecule has 4 aromatic heterocycles. The molecule has 1 aliphatic rings. The lowest BCUT2D eigenvalue weighted by atomic mass is 10.0. The molecule has 40 heavy (non-hydrogen) atoms. The van der Waals surface area contributed by atoms with E-state index in [9.17, 15) is 4.39 Å². The van der Waals surface area contributed by atoms with Crippen LogP contribution >= 0.6 is 11.3 Å². The summed E-state index contributed by atoms with van der Waals surface area (Å²) < 4.78 is 13.7. The first-order chi connectivity index (χ1) is 19.5. The molecule has 0 unspecified atom stereocenters. The fourth-order valence-corrected chi connectivity index (χ4v) is 6.00. The highest BCUT2D eigenvalue weighted by Gasteiger charge is 2.16. The molecule has 0 bridgehead atoms. The third-order valence-corrected chi connectivity index (χ3v) is 8.32. The van der Waals surface area contributed by atoms with Gasteiger partial charge in [0.25, 0.3) is 0 Å². The van der Waals surface area contributed by atoms with Gasteiger partial charge in [0, 0.05) is 28.4 Å². The molecule has 4 aromatic rings. The number of hydrogen-bond acceptors (Lipinski definition) is 5. The van der Waals surface area contributed by atoms with Gasteiger partial charge in [0.2, 0.25) is 0 Å². The standard InChI is InChI=1S/C32H35FN6S/c1-5-21(18-34-19-22-10-8-9-11-22)17-23(6-2)20(4)16-25-26(7-3)38-39-30(25)32-36-29-24(14-15-35-31(29)37-32)27-12-13-28(33)40-27/h5-7,12-17,22,34,38H,1,4,8-11,18-19H2,2-3H3,(H,35,36,37)/b21-17+,23-6+,25-16+,26-7+. The van der Waals surface area contributed by atoms with Gasteiger partial charge in [-0.2, -0.15) is 9.49 Å². The van der Waals surface area contributed by atoms with Crippen LogP contribution in [0.1, 0.15) is 39.5 Å². The molecule has 0 saturated heterocycles. The minimum Gasteiger partial charge on any atom is -0.335 e. The summed E-state index contributed by atoms with van der Waals surface area (Å²) in [6.45, 7) is 14.2. The maximum absolute atomic E-state index is 13.7. The lowest BCUT2D eigenvalue weighted by molar-refractivity contribution is 0.503. The zero-order valence-corrected chi connectivity index (χ0v) is 23.9. The van der Waals surface area contributed by atoms with E-state index in [1.807, 2.05) is 38.1 Å². The van der Waals surface area contributed by atoms with Crippen LogP contribution in [0, 0.1) is 11.0 Å². The Hall–Kier alpha value is -3.88. The Bertz CT molecular complexity index is 1710. The Kier molecular flexibility index (Phi) is 8.67. The maximum atomic E-state index is 13.7. The van der Waals surface area contributed by atoms with Gasteiger partial charge in [0.15, 0.2) is 16.6 Å². The molecule has 1 aliphatic carbocycles. The van der Waals surface area contributed by atoms with Crippen molar-refractivity contribution in [2.24, 2.45) is 5.92 Å². The highest BCUT2D eigenvalue weighted by Crippen LogP contribution is 2.32. The van der Waals surface area contributed by atoms with Gasteiger partial charge in [-0.15, -0.1) is 11.3 Å². The van der Waals surface area contributed by atoms with Gasteiger partial charge in [-0.05, 0) is 80.1 Å². The topological polar surface area (TPSA) is 82.3 Å². The van der Waals surface area contributed by atoms with Crippen LogP contribution < -0.4 is 15.9 Å². The van der Waals surface area contributed by atoms with Gasteiger partial charge in [-0.3, -0.25) is 5.10 Å². The van der Waals surface area contributed by atoms with E-state index in [4.69, 9.17) is 4.98 Å². The predicted octanol–water partition coefficient (Wildman–Crippen LogP) is 6.19. The predicted molar refractivity (Wildman–Crippen MR) is 165 cm³/mol. The summed E-state index contributed by atoms with van der Waals surface area (Å²) in [6.07, 6.45) is 17.2. The van der Waals surface area contributed by atoms with Crippen molar-refractivity contribution in [3.05, 3.63) is 88.2 Å². The van der Waals surface area contributed by atoms with Crippen LogP contribution in [0.3, 0.4) is 0 Å². The molecule has 6 nitrogen and oxygen atoms in total. The number of nitrogens with one attached hydrogen (secondary N) is 3. The number of hydrogen-bond donors (Lipinski definition) is 3. The molecule has 0 aromatic carbocycles. The van der Waals surface area contributed by atoms with Crippen molar-refractivity contribution in [2.75, 3.05) is 13.1 Å². The normalized spacial score (nSPS) is 16.0. The van der Waals surface area contributed by atoms with E-state index < -0.39 is 0 Å². The zero-order chi connectivity index (χ0) is 28.1. The zero-order valence-electron chi connectivity index (χ0n) is 23.1. The average Bonchev–Trinajstić information content (AvgIpc) is 3.77. The number of nitrogens with zero attached hydrogens (tertiary/aromatic N) is 3. The SMILES string of the molecule is C=C/C(=C\C(=C/C)C(=C)/C=c1/c(-c2nc3nccc(-c4ccc(F)s4)c3[nH]2)n[nH]/c1=C/C)CNCC1CCCC1. The first kappa shape index (κ1) is 27.7. The van der Waals surface area contributed by atoms with E-state index in [1.54, 1.807) is 12.3 Å². The van der Waals surface area contributed by atoms with E-state index in [2.05, 4.69) is 50.8 Å². The molecule has 4 heterocycles. The van der Waals surface area contributed by atoms with E-state index in [1.165, 1.54) is 31.7 Å². The molecule has 0 amide bonds. The number of thiophene rings is 1. The number of halogens is 1. The second-order valence-corrected chi connectivity index (χ2v) is 11.1. The Morgan fingerprint density at radius 2 is 2.05 bits per heavy atom. The molecule has 0 atom stereocenters. The first-order valence-corrected chi connectivity index (χ1v) is 14.5. The number of imidazole rings is 1. The molecule has 206 valence electrons. The van der Waals surface area contributed by atoms with Crippen LogP contribution in [-0.4, -0.2) is 38.2 Å². The molecule has 1 fully saturated rings. The third kappa shape index (κ3) is 5.98. The van der Waals surface area contributed by atoms with Crippen molar-refractivity contribution in [3.63, 3.8) is 0 Å². The highest BCUT2D eigenvalue weighted by molar-refractivity contribution is 7.14. The van der Waals surface area contributed by atoms with Crippen LogP contribution in [0.15, 0.2) is 72.5 Å². The largest absolute Gasteiger partial charge is 0.335 e. The lowest BCUT2D eigenvalue weighted by Gasteiger charge is -2.11. The molecular formula is C32H35FN6S. The minimum atomic E-state index is -0.233. The van der Waals surface area contributed by atoms with Gasteiger partial charge >= 0.3 is 0 Å². The number of fused-ring (bicyclic) bond motifs is 1. The Morgan fingerprint density at radius 1 is 1.23 bits per heavy atom. The van der Waals surface area contributed by atoms with E-state index in [0.717, 1.165) is 73.6 Å². The summed E-state index contributed by atoms with van der Waals surface area (Å²) in [6, 6.07) is 5.10. The van der Waals surface area contributed by atoms with Crippen molar-refractivity contribution < 1.29 is 4.39 Å². The van der Waals surface area contributed by atoms with Crippen LogP contribution in [0.2, 0.25) is 0 Å². The monoisotopic (exact) mass is 554 g/mol. The van der Waals surface area contributed by atoms with E-state index >= 15 is 0 Å². The average molecular weight is 555 g/mol. The van der Waals surface area contributed by atoms with Crippen LogP contribution in [0.25, 0.3) is 45.3 Å². The van der Waals surface area contributed by atoms with E-state index in [0.29, 0.717) is 17.2 Å². The van der Waals surface area contributed by atoms with E-state index in [-0.39, 0.29) is 5.13 Å². The molecule has 3 N–H and O–H groups in total. The fourth-order valence-electron chi connectivity index (χ4n) is 5.23. The van der Waals surface area contributed by atoms with Crippen molar-refractivity contribution in [1.29, 1.82) is 0 Å². The van der Waals surface area contributed by atoms with Crippen molar-refractivity contribution in [1.82, 2.24) is 30.5 Å². The third-order valence-electron chi connectivity index (χ3n) is 7.42. The van der Waals surface area contributed by atoms with Crippen LogP contribution in [-0.2, 0) is 0 Å².